The summed E-state index contributed by atoms with van der Waals surface area (Å²) < 4.78 is 13.3. The predicted octanol–water partition coefficient (Wildman–Crippen LogP) is 6.15. The lowest BCUT2D eigenvalue weighted by Crippen LogP contribution is -2.56. The van der Waals surface area contributed by atoms with Gasteiger partial charge >= 0.3 is 0 Å². The van der Waals surface area contributed by atoms with Gasteiger partial charge in [-0.3, -0.25) is 0 Å². The third-order valence-electron chi connectivity index (χ3n) is 12.2. The van der Waals surface area contributed by atoms with Crippen LogP contribution in [0.15, 0.2) is 0 Å². The van der Waals surface area contributed by atoms with Gasteiger partial charge in [0, 0.05) is 17.4 Å². The van der Waals surface area contributed by atoms with Gasteiger partial charge in [-0.25, -0.2) is 0 Å². The van der Waals surface area contributed by atoms with E-state index >= 15 is 0 Å². The lowest BCUT2D eigenvalue weighted by atomic mass is 9.43. The van der Waals surface area contributed by atoms with Crippen LogP contribution >= 0.6 is 0 Å². The molecule has 0 radical (unpaired) electrons. The summed E-state index contributed by atoms with van der Waals surface area (Å²) in [7, 11) is 0. The molecule has 2 heterocycles. The van der Waals surface area contributed by atoms with Crippen molar-refractivity contribution < 1.29 is 9.47 Å². The first-order chi connectivity index (χ1) is 14.8. The molecule has 6 aliphatic rings. The van der Waals surface area contributed by atoms with E-state index in [4.69, 9.17) is 15.2 Å². The van der Waals surface area contributed by atoms with Crippen molar-refractivity contribution in [1.29, 1.82) is 0 Å². The van der Waals surface area contributed by atoms with Crippen molar-refractivity contribution >= 4 is 0 Å². The van der Waals surface area contributed by atoms with Crippen LogP contribution < -0.4 is 5.73 Å². The van der Waals surface area contributed by atoms with Crippen molar-refractivity contribution in [2.45, 2.75) is 117 Å². The van der Waals surface area contributed by atoms with Crippen molar-refractivity contribution in [2.24, 2.45) is 57.5 Å². The molecule has 0 amide bonds. The molecule has 0 bridgehead atoms. The Labute approximate surface area is 190 Å². The Morgan fingerprint density at radius 1 is 0.806 bits per heavy atom. The number of fused-ring (bicyclic) bond motifs is 9. The Balaban J connectivity index is 1.28. The third kappa shape index (κ3) is 2.94. The van der Waals surface area contributed by atoms with E-state index in [1.165, 1.54) is 70.6 Å². The van der Waals surface area contributed by atoms with Crippen LogP contribution in [0, 0.1) is 51.8 Å². The quantitative estimate of drug-likeness (QED) is 0.502. The first-order valence-corrected chi connectivity index (χ1v) is 13.8. The van der Waals surface area contributed by atoms with E-state index in [0.717, 1.165) is 30.3 Å². The summed E-state index contributed by atoms with van der Waals surface area (Å²) in [4.78, 5) is 0. The highest BCUT2D eigenvalue weighted by Gasteiger charge is 2.69. The molecule has 0 aromatic heterocycles. The van der Waals surface area contributed by atoms with Gasteiger partial charge in [0.1, 0.15) is 0 Å². The molecule has 2 saturated heterocycles. The molecular weight excluding hydrogens is 382 g/mol. The fourth-order valence-electron chi connectivity index (χ4n) is 10.7. The first kappa shape index (κ1) is 21.4. The van der Waals surface area contributed by atoms with Gasteiger partial charge in [-0.2, -0.15) is 0 Å². The fraction of sp³-hybridized carbons (Fsp3) is 1.00. The largest absolute Gasteiger partial charge is 0.352 e. The van der Waals surface area contributed by atoms with Crippen LogP contribution in [0.1, 0.15) is 98.3 Å². The molecule has 0 aromatic rings. The van der Waals surface area contributed by atoms with Crippen LogP contribution in [0.25, 0.3) is 0 Å². The van der Waals surface area contributed by atoms with Gasteiger partial charge in [-0.15, -0.1) is 0 Å². The average Bonchev–Trinajstić information content (AvgIpc) is 3.17. The topological polar surface area (TPSA) is 44.5 Å². The van der Waals surface area contributed by atoms with E-state index in [1.54, 1.807) is 0 Å². The van der Waals surface area contributed by atoms with Gasteiger partial charge < -0.3 is 15.2 Å². The van der Waals surface area contributed by atoms with Gasteiger partial charge in [-0.1, -0.05) is 34.1 Å². The molecule has 6 fully saturated rings. The van der Waals surface area contributed by atoms with Crippen molar-refractivity contribution in [1.82, 2.24) is 0 Å². The zero-order chi connectivity index (χ0) is 21.6. The number of nitrogens with two attached hydrogens (primary N) is 1. The van der Waals surface area contributed by atoms with E-state index in [2.05, 4.69) is 27.7 Å². The third-order valence-corrected chi connectivity index (χ3v) is 12.2. The van der Waals surface area contributed by atoms with Crippen molar-refractivity contribution in [2.75, 3.05) is 6.61 Å². The minimum atomic E-state index is 0.0360. The van der Waals surface area contributed by atoms with Crippen LogP contribution in [0.3, 0.4) is 0 Å². The molecule has 4 saturated carbocycles. The minimum absolute atomic E-state index is 0.0360. The smallest absolute Gasteiger partial charge is 0.163 e. The van der Waals surface area contributed by atoms with E-state index < -0.39 is 0 Å². The summed E-state index contributed by atoms with van der Waals surface area (Å²) in [5.74, 6) is 4.94. The van der Waals surface area contributed by atoms with E-state index in [9.17, 15) is 0 Å². The highest BCUT2D eigenvalue weighted by Crippen LogP contribution is 2.72. The second-order valence-electron chi connectivity index (χ2n) is 13.8. The van der Waals surface area contributed by atoms with E-state index in [1.807, 2.05) is 0 Å². The number of hydrogen-bond acceptors (Lipinski definition) is 3. The average molecular weight is 430 g/mol. The van der Waals surface area contributed by atoms with Crippen LogP contribution in [0.5, 0.6) is 0 Å². The maximum atomic E-state index is 6.82. The summed E-state index contributed by atoms with van der Waals surface area (Å²) in [5.41, 5.74) is 7.61. The Morgan fingerprint density at radius 3 is 2.45 bits per heavy atom. The maximum absolute atomic E-state index is 6.82. The molecular formula is C28H47NO2. The Bertz CT molecular complexity index is 711. The normalized spacial score (nSPS) is 61.3. The lowest BCUT2D eigenvalue weighted by Gasteiger charge is -2.61. The fourth-order valence-corrected chi connectivity index (χ4v) is 10.7. The van der Waals surface area contributed by atoms with Gasteiger partial charge in [0.2, 0.25) is 0 Å². The Kier molecular flexibility index (Phi) is 4.97. The second kappa shape index (κ2) is 7.19. The SMILES string of the molecule is C[C@H]1CCC[C@@]2(C)[C@H](OC1)O[C@H]1C[C@H]3[C@@H]4CC[C@@H]5C[C@H](N)CC[C@]5(C)[C@H]4CC[C@]3(C)[C@H]12. The molecule has 12 atom stereocenters. The lowest BCUT2D eigenvalue weighted by molar-refractivity contribution is -0.198. The van der Waals surface area contributed by atoms with Gasteiger partial charge in [0.05, 0.1) is 12.7 Å². The molecule has 6 rings (SSSR count). The summed E-state index contributed by atoms with van der Waals surface area (Å²) >= 11 is 0. The minimum Gasteiger partial charge on any atom is -0.352 e. The van der Waals surface area contributed by atoms with Gasteiger partial charge in [0.25, 0.3) is 0 Å². The van der Waals surface area contributed by atoms with Crippen LogP contribution in [0.2, 0.25) is 0 Å². The predicted molar refractivity (Wildman–Crippen MR) is 124 cm³/mol. The highest BCUT2D eigenvalue weighted by atomic mass is 16.7. The number of hydrogen-bond donors (Lipinski definition) is 1. The highest BCUT2D eigenvalue weighted by molar-refractivity contribution is 5.16. The molecule has 0 unspecified atom stereocenters. The maximum Gasteiger partial charge on any atom is 0.163 e. The van der Waals surface area contributed by atoms with Crippen LogP contribution in [-0.4, -0.2) is 25.0 Å². The molecule has 176 valence electrons. The molecule has 0 spiro atoms. The van der Waals surface area contributed by atoms with E-state index in [0.29, 0.717) is 34.8 Å². The zero-order valence-corrected chi connectivity index (χ0v) is 20.6. The monoisotopic (exact) mass is 429 g/mol. The molecule has 2 N–H and O–H groups in total. The van der Waals surface area contributed by atoms with Crippen molar-refractivity contribution in [3.05, 3.63) is 0 Å². The number of rotatable bonds is 0. The summed E-state index contributed by atoms with van der Waals surface area (Å²) in [5, 5.41) is 0. The summed E-state index contributed by atoms with van der Waals surface area (Å²) in [6.45, 7) is 11.1. The zero-order valence-electron chi connectivity index (χ0n) is 20.6. The van der Waals surface area contributed by atoms with Crippen molar-refractivity contribution in [3.63, 3.8) is 0 Å². The molecule has 3 heteroatoms. The Morgan fingerprint density at radius 2 is 1.61 bits per heavy atom. The molecule has 2 aliphatic heterocycles. The first-order valence-electron chi connectivity index (χ1n) is 13.8. The standard InChI is InChI=1S/C28H47NO2/c1-17-6-5-11-28(4)24-23(31-25(28)30-16-17)15-22-20-8-7-18-14-19(29)9-12-26(18,2)21(20)10-13-27(22,24)3/h17-25H,5-16,29H2,1-4H3/t17-,18+,19+,20+,21-,22-,23-,24-,25+,26-,27-,28+/m0/s1. The molecule has 3 nitrogen and oxygen atoms in total. The summed E-state index contributed by atoms with van der Waals surface area (Å²) in [6.07, 6.45) is 15.4. The summed E-state index contributed by atoms with van der Waals surface area (Å²) in [6, 6.07) is 0.460. The van der Waals surface area contributed by atoms with Crippen LogP contribution in [-0.2, 0) is 9.47 Å². The molecule has 0 aromatic carbocycles. The van der Waals surface area contributed by atoms with E-state index in [-0.39, 0.29) is 11.7 Å². The Hall–Kier alpha value is -0.120. The second-order valence-corrected chi connectivity index (χ2v) is 13.8. The van der Waals surface area contributed by atoms with Crippen LogP contribution in [0.4, 0.5) is 0 Å². The van der Waals surface area contributed by atoms with Crippen molar-refractivity contribution in [3.8, 4) is 0 Å². The van der Waals surface area contributed by atoms with Gasteiger partial charge in [-0.05, 0) is 105 Å². The molecule has 31 heavy (non-hydrogen) atoms. The number of ether oxygens (including phenoxy) is 2. The molecule has 4 aliphatic carbocycles. The van der Waals surface area contributed by atoms with Gasteiger partial charge in [0.15, 0.2) is 6.29 Å².